The summed E-state index contributed by atoms with van der Waals surface area (Å²) in [5, 5.41) is 0. The monoisotopic (exact) mass is 312 g/mol. The Labute approximate surface area is 137 Å². The van der Waals surface area contributed by atoms with E-state index in [0.717, 1.165) is 11.5 Å². The van der Waals surface area contributed by atoms with Crippen molar-refractivity contribution in [3.05, 3.63) is 53.9 Å². The number of amides is 1. The molecule has 0 N–H and O–H groups in total. The Bertz CT molecular complexity index is 647. The zero-order valence-electron chi connectivity index (χ0n) is 14.4. The molecule has 23 heavy (non-hydrogen) atoms. The average Bonchev–Trinajstić information content (AvgIpc) is 2.53. The van der Waals surface area contributed by atoms with Crippen LogP contribution in [0, 0.1) is 0 Å². The summed E-state index contributed by atoms with van der Waals surface area (Å²) in [6.07, 6.45) is 5.70. The van der Waals surface area contributed by atoms with Crippen molar-refractivity contribution in [2.45, 2.75) is 45.6 Å². The van der Waals surface area contributed by atoms with E-state index in [4.69, 9.17) is 0 Å². The zero-order valence-corrected chi connectivity index (χ0v) is 14.4. The molecule has 0 aliphatic carbocycles. The maximum atomic E-state index is 12.6. The van der Waals surface area contributed by atoms with Crippen LogP contribution in [0.4, 0.5) is 0 Å². The fourth-order valence-corrected chi connectivity index (χ4v) is 2.19. The minimum atomic E-state index is -0.125. The van der Waals surface area contributed by atoms with Gasteiger partial charge in [-0.1, -0.05) is 26.8 Å². The number of carbonyl (C=O) groups is 1. The molecule has 0 bridgehead atoms. The lowest BCUT2D eigenvalue weighted by atomic mass is 9.96. The summed E-state index contributed by atoms with van der Waals surface area (Å²) in [5.41, 5.74) is 1.35. The molecule has 5 nitrogen and oxygen atoms in total. The van der Waals surface area contributed by atoms with Gasteiger partial charge in [0.1, 0.15) is 5.82 Å². The van der Waals surface area contributed by atoms with Gasteiger partial charge in [0.25, 0.3) is 5.91 Å². The van der Waals surface area contributed by atoms with Gasteiger partial charge in [0.2, 0.25) is 0 Å². The smallest absolute Gasteiger partial charge is 0.256 e. The first-order chi connectivity index (χ1) is 10.8. The third-order valence-electron chi connectivity index (χ3n) is 3.78. The number of likely N-dealkylation sites (N-methyl/N-ethyl adjacent to an activating group) is 1. The Hall–Kier alpha value is -2.30. The highest BCUT2D eigenvalue weighted by Gasteiger charge is 2.21. The maximum absolute atomic E-state index is 12.6. The van der Waals surface area contributed by atoms with E-state index in [0.29, 0.717) is 12.0 Å². The first-order valence-corrected chi connectivity index (χ1v) is 7.78. The minimum Gasteiger partial charge on any atom is -0.339 e. The fourth-order valence-electron chi connectivity index (χ4n) is 2.19. The van der Waals surface area contributed by atoms with Crippen LogP contribution in [0.25, 0.3) is 0 Å². The maximum Gasteiger partial charge on any atom is 0.256 e. The summed E-state index contributed by atoms with van der Waals surface area (Å²) in [6.45, 7) is 8.15. The van der Waals surface area contributed by atoms with E-state index in [9.17, 15) is 4.79 Å². The largest absolute Gasteiger partial charge is 0.339 e. The van der Waals surface area contributed by atoms with Crippen molar-refractivity contribution in [1.29, 1.82) is 0 Å². The first kappa shape index (κ1) is 17.1. The van der Waals surface area contributed by atoms with Gasteiger partial charge < -0.3 is 4.90 Å². The van der Waals surface area contributed by atoms with E-state index in [1.165, 1.54) is 0 Å². The van der Waals surface area contributed by atoms with Crippen LogP contribution in [0.5, 0.6) is 0 Å². The van der Waals surface area contributed by atoms with E-state index in [2.05, 4.69) is 15.0 Å². The third-order valence-corrected chi connectivity index (χ3v) is 3.78. The van der Waals surface area contributed by atoms with Crippen LogP contribution >= 0.6 is 0 Å². The molecule has 1 atom stereocenters. The minimum absolute atomic E-state index is 0.0414. The molecule has 0 fully saturated rings. The summed E-state index contributed by atoms with van der Waals surface area (Å²) in [7, 11) is 1.80. The highest BCUT2D eigenvalue weighted by molar-refractivity contribution is 5.93. The van der Waals surface area contributed by atoms with Gasteiger partial charge in [-0.05, 0) is 19.1 Å². The predicted molar refractivity (Wildman–Crippen MR) is 90.2 cm³/mol. The second-order valence-electron chi connectivity index (χ2n) is 6.84. The number of hydrogen-bond acceptors (Lipinski definition) is 4. The van der Waals surface area contributed by atoms with Crippen molar-refractivity contribution < 1.29 is 4.79 Å². The number of aromatic nitrogens is 3. The molecule has 2 heterocycles. The van der Waals surface area contributed by atoms with E-state index in [1.54, 1.807) is 30.5 Å². The standard InChI is InChI=1S/C18H24N4O/c1-13(10-15-8-6-7-9-19-15)22(5)16(23)14-11-20-17(21-12-14)18(2,3)4/h6-9,11-13H,10H2,1-5H3. The second kappa shape index (κ2) is 6.86. The molecule has 0 aliphatic heterocycles. The number of hydrogen-bond donors (Lipinski definition) is 0. The molecule has 122 valence electrons. The van der Waals surface area contributed by atoms with Gasteiger partial charge in [-0.3, -0.25) is 9.78 Å². The predicted octanol–water partition coefficient (Wildman–Crippen LogP) is 2.87. The van der Waals surface area contributed by atoms with Gasteiger partial charge in [0.05, 0.1) is 5.56 Å². The van der Waals surface area contributed by atoms with Crippen LogP contribution in [0.2, 0.25) is 0 Å². The van der Waals surface area contributed by atoms with Gasteiger partial charge in [-0.2, -0.15) is 0 Å². The Morgan fingerprint density at radius 1 is 1.17 bits per heavy atom. The van der Waals surface area contributed by atoms with Crippen molar-refractivity contribution in [1.82, 2.24) is 19.9 Å². The zero-order chi connectivity index (χ0) is 17.0. The van der Waals surface area contributed by atoms with Crippen molar-refractivity contribution in [2.24, 2.45) is 0 Å². The van der Waals surface area contributed by atoms with Crippen LogP contribution in [0.3, 0.4) is 0 Å². The molecule has 0 aromatic carbocycles. The SMILES string of the molecule is CC(Cc1ccccn1)N(C)C(=O)c1cnc(C(C)(C)C)nc1. The molecule has 2 rings (SSSR count). The Kier molecular flexibility index (Phi) is 5.08. The lowest BCUT2D eigenvalue weighted by Crippen LogP contribution is -2.36. The fraction of sp³-hybridized carbons (Fsp3) is 0.444. The number of rotatable bonds is 4. The van der Waals surface area contributed by atoms with Crippen LogP contribution in [0.1, 0.15) is 49.6 Å². The summed E-state index contributed by atoms with van der Waals surface area (Å²) < 4.78 is 0. The summed E-state index contributed by atoms with van der Waals surface area (Å²) in [4.78, 5) is 27.2. The van der Waals surface area contributed by atoms with Crippen LogP contribution < -0.4 is 0 Å². The molecule has 0 spiro atoms. The lowest BCUT2D eigenvalue weighted by Gasteiger charge is -2.25. The van der Waals surface area contributed by atoms with Crippen LogP contribution in [-0.4, -0.2) is 38.8 Å². The Morgan fingerprint density at radius 2 is 1.83 bits per heavy atom. The Morgan fingerprint density at radius 3 is 2.35 bits per heavy atom. The van der Waals surface area contributed by atoms with E-state index in [-0.39, 0.29) is 17.4 Å². The Balaban J connectivity index is 2.07. The summed E-state index contributed by atoms with van der Waals surface area (Å²) in [6, 6.07) is 5.85. The van der Waals surface area contributed by atoms with Crippen molar-refractivity contribution >= 4 is 5.91 Å². The third kappa shape index (κ3) is 4.34. The molecular formula is C18H24N4O. The molecule has 0 radical (unpaired) electrons. The molecule has 0 saturated carbocycles. The molecular weight excluding hydrogens is 288 g/mol. The molecule has 0 aliphatic rings. The van der Waals surface area contributed by atoms with Gasteiger partial charge in [0.15, 0.2) is 0 Å². The molecule has 0 saturated heterocycles. The molecule has 2 aromatic heterocycles. The van der Waals surface area contributed by atoms with E-state index in [1.807, 2.05) is 45.9 Å². The van der Waals surface area contributed by atoms with Gasteiger partial charge >= 0.3 is 0 Å². The second-order valence-corrected chi connectivity index (χ2v) is 6.84. The van der Waals surface area contributed by atoms with E-state index >= 15 is 0 Å². The van der Waals surface area contributed by atoms with Crippen molar-refractivity contribution in [2.75, 3.05) is 7.05 Å². The number of pyridine rings is 1. The van der Waals surface area contributed by atoms with Crippen LogP contribution in [-0.2, 0) is 11.8 Å². The highest BCUT2D eigenvalue weighted by atomic mass is 16.2. The van der Waals surface area contributed by atoms with Crippen molar-refractivity contribution in [3.8, 4) is 0 Å². The van der Waals surface area contributed by atoms with Gasteiger partial charge in [-0.15, -0.1) is 0 Å². The van der Waals surface area contributed by atoms with Gasteiger partial charge in [-0.25, -0.2) is 9.97 Å². The van der Waals surface area contributed by atoms with Crippen LogP contribution in [0.15, 0.2) is 36.8 Å². The number of carbonyl (C=O) groups excluding carboxylic acids is 1. The quantitative estimate of drug-likeness (QED) is 0.871. The van der Waals surface area contributed by atoms with E-state index < -0.39 is 0 Å². The highest BCUT2D eigenvalue weighted by Crippen LogP contribution is 2.17. The average molecular weight is 312 g/mol. The topological polar surface area (TPSA) is 59.0 Å². The molecule has 1 unspecified atom stereocenters. The molecule has 2 aromatic rings. The lowest BCUT2D eigenvalue weighted by molar-refractivity contribution is 0.0742. The van der Waals surface area contributed by atoms with Gasteiger partial charge in [0, 0.05) is 49.2 Å². The summed E-state index contributed by atoms with van der Waals surface area (Å²) >= 11 is 0. The summed E-state index contributed by atoms with van der Waals surface area (Å²) in [5.74, 6) is 0.659. The molecule has 1 amide bonds. The normalized spacial score (nSPS) is 12.7. The van der Waals surface area contributed by atoms with Crippen molar-refractivity contribution in [3.63, 3.8) is 0 Å². The first-order valence-electron chi connectivity index (χ1n) is 7.78. The number of nitrogens with zero attached hydrogens (tertiary/aromatic N) is 4. The molecule has 5 heteroatoms.